The number of fused-ring (bicyclic) bond motifs is 2. The lowest BCUT2D eigenvalue weighted by atomic mass is 10.1. The Labute approximate surface area is 168 Å². The fourth-order valence-electron chi connectivity index (χ4n) is 3.20. The average Bonchev–Trinajstić information content (AvgIpc) is 3.18. The molecule has 0 atom stereocenters. The molecule has 0 aliphatic carbocycles. The zero-order valence-corrected chi connectivity index (χ0v) is 16.0. The van der Waals surface area contributed by atoms with Crippen LogP contribution in [-0.2, 0) is 0 Å². The highest BCUT2D eigenvalue weighted by Crippen LogP contribution is 2.36. The van der Waals surface area contributed by atoms with Gasteiger partial charge in [-0.3, -0.25) is 4.79 Å². The zero-order chi connectivity index (χ0) is 20.2. The Balaban J connectivity index is 1.37. The number of rotatable bonds is 6. The number of pyridine rings is 1. The van der Waals surface area contributed by atoms with Gasteiger partial charge >= 0.3 is 0 Å². The van der Waals surface area contributed by atoms with Crippen molar-refractivity contribution in [3.8, 4) is 17.6 Å². The number of benzene rings is 2. The lowest BCUT2D eigenvalue weighted by Gasteiger charge is -2.10. The number of carbonyl (C=O) groups excluding carboxylic acids is 1. The predicted octanol–water partition coefficient (Wildman–Crippen LogP) is 3.38. The third kappa shape index (κ3) is 3.92. The quantitative estimate of drug-likeness (QED) is 0.629. The van der Waals surface area contributed by atoms with Gasteiger partial charge in [0.05, 0.1) is 11.1 Å². The van der Waals surface area contributed by atoms with Gasteiger partial charge in [-0.1, -0.05) is 18.2 Å². The van der Waals surface area contributed by atoms with Crippen molar-refractivity contribution in [2.24, 2.45) is 0 Å². The standard InChI is InChI=1S/C22H20N4O3/c1-14-5-2-3-6-17(14)22(27)25-8-4-7-24-21-16(12-23)9-15-10-19-20(29-13-28-19)11-18(15)26-21/h2-3,5-6,9-11H,4,7-8,13H2,1H3,(H,24,26)(H,25,27). The second kappa shape index (κ2) is 8.07. The molecule has 0 unspecified atom stereocenters. The second-order valence-electron chi connectivity index (χ2n) is 6.75. The van der Waals surface area contributed by atoms with Gasteiger partial charge in [0, 0.05) is 30.1 Å². The van der Waals surface area contributed by atoms with Crippen LogP contribution in [0.1, 0.15) is 27.9 Å². The largest absolute Gasteiger partial charge is 0.454 e. The van der Waals surface area contributed by atoms with Gasteiger partial charge in [0.25, 0.3) is 5.91 Å². The minimum Gasteiger partial charge on any atom is -0.454 e. The Morgan fingerprint density at radius 1 is 1.17 bits per heavy atom. The molecule has 1 aliphatic heterocycles. The number of aryl methyl sites for hydroxylation is 1. The molecule has 1 amide bonds. The van der Waals surface area contributed by atoms with Crippen molar-refractivity contribution in [2.45, 2.75) is 13.3 Å². The number of nitrogens with zero attached hydrogens (tertiary/aromatic N) is 2. The summed E-state index contributed by atoms with van der Waals surface area (Å²) in [6.45, 7) is 3.20. The van der Waals surface area contributed by atoms with E-state index < -0.39 is 0 Å². The molecular formula is C22H20N4O3. The number of anilines is 1. The first-order valence-corrected chi connectivity index (χ1v) is 9.38. The molecule has 29 heavy (non-hydrogen) atoms. The molecule has 2 heterocycles. The molecule has 0 radical (unpaired) electrons. The Kier molecular flexibility index (Phi) is 5.16. The lowest BCUT2D eigenvalue weighted by molar-refractivity contribution is 0.0953. The van der Waals surface area contributed by atoms with Gasteiger partial charge in [-0.05, 0) is 37.1 Å². The summed E-state index contributed by atoms with van der Waals surface area (Å²) in [5.74, 6) is 1.75. The molecule has 3 aromatic rings. The van der Waals surface area contributed by atoms with Crippen molar-refractivity contribution in [1.29, 1.82) is 5.26 Å². The maximum Gasteiger partial charge on any atom is 0.251 e. The van der Waals surface area contributed by atoms with Gasteiger partial charge in [-0.15, -0.1) is 0 Å². The smallest absolute Gasteiger partial charge is 0.251 e. The van der Waals surface area contributed by atoms with E-state index in [1.165, 1.54) is 0 Å². The van der Waals surface area contributed by atoms with E-state index >= 15 is 0 Å². The van der Waals surface area contributed by atoms with Crippen LogP contribution in [0.15, 0.2) is 42.5 Å². The summed E-state index contributed by atoms with van der Waals surface area (Å²) < 4.78 is 10.8. The number of hydrogen-bond acceptors (Lipinski definition) is 6. The van der Waals surface area contributed by atoms with Crippen molar-refractivity contribution >= 4 is 22.6 Å². The lowest BCUT2D eigenvalue weighted by Crippen LogP contribution is -2.26. The Hall–Kier alpha value is -3.79. The second-order valence-corrected chi connectivity index (χ2v) is 6.75. The van der Waals surface area contributed by atoms with E-state index in [1.54, 1.807) is 6.07 Å². The van der Waals surface area contributed by atoms with E-state index in [9.17, 15) is 10.1 Å². The van der Waals surface area contributed by atoms with Gasteiger partial charge in [-0.2, -0.15) is 5.26 Å². The van der Waals surface area contributed by atoms with Crippen LogP contribution in [0.4, 0.5) is 5.82 Å². The number of ether oxygens (including phenoxy) is 2. The van der Waals surface area contributed by atoms with Crippen molar-refractivity contribution in [3.63, 3.8) is 0 Å². The minimum atomic E-state index is -0.0827. The maximum atomic E-state index is 12.2. The van der Waals surface area contributed by atoms with Crippen LogP contribution >= 0.6 is 0 Å². The zero-order valence-electron chi connectivity index (χ0n) is 16.0. The molecule has 7 nitrogen and oxygen atoms in total. The summed E-state index contributed by atoms with van der Waals surface area (Å²) in [4.78, 5) is 16.8. The first kappa shape index (κ1) is 18.6. The van der Waals surface area contributed by atoms with Crippen LogP contribution in [0.25, 0.3) is 10.9 Å². The monoisotopic (exact) mass is 388 g/mol. The van der Waals surface area contributed by atoms with Crippen LogP contribution in [0, 0.1) is 18.3 Å². The van der Waals surface area contributed by atoms with E-state index in [1.807, 2.05) is 43.3 Å². The Bertz CT molecular complexity index is 1120. The van der Waals surface area contributed by atoms with E-state index in [-0.39, 0.29) is 12.7 Å². The van der Waals surface area contributed by atoms with Gasteiger partial charge < -0.3 is 20.1 Å². The molecule has 0 fully saturated rings. The third-order valence-electron chi connectivity index (χ3n) is 4.75. The van der Waals surface area contributed by atoms with Gasteiger partial charge in [-0.25, -0.2) is 4.98 Å². The molecule has 7 heteroatoms. The highest BCUT2D eigenvalue weighted by molar-refractivity contribution is 5.95. The highest BCUT2D eigenvalue weighted by atomic mass is 16.7. The van der Waals surface area contributed by atoms with Crippen LogP contribution in [0.2, 0.25) is 0 Å². The summed E-state index contributed by atoms with van der Waals surface area (Å²) in [5.41, 5.74) is 2.81. The molecule has 0 saturated carbocycles. The third-order valence-corrected chi connectivity index (χ3v) is 4.75. The van der Waals surface area contributed by atoms with Crippen LogP contribution < -0.4 is 20.1 Å². The van der Waals surface area contributed by atoms with Gasteiger partial charge in [0.15, 0.2) is 11.5 Å². The van der Waals surface area contributed by atoms with Crippen LogP contribution in [0.5, 0.6) is 11.5 Å². The summed E-state index contributed by atoms with van der Waals surface area (Å²) in [5, 5.41) is 16.4. The summed E-state index contributed by atoms with van der Waals surface area (Å²) in [6, 6.07) is 15.1. The molecule has 146 valence electrons. The molecule has 1 aromatic heterocycles. The maximum absolute atomic E-state index is 12.2. The van der Waals surface area contributed by atoms with E-state index in [0.29, 0.717) is 48.0 Å². The first-order valence-electron chi connectivity index (χ1n) is 9.38. The SMILES string of the molecule is Cc1ccccc1C(=O)NCCCNc1nc2cc3c(cc2cc1C#N)OCO3. The molecule has 1 aliphatic rings. The fourth-order valence-corrected chi connectivity index (χ4v) is 3.20. The van der Waals surface area contributed by atoms with Crippen LogP contribution in [-0.4, -0.2) is 30.8 Å². The molecule has 2 N–H and O–H groups in total. The van der Waals surface area contributed by atoms with Crippen molar-refractivity contribution in [3.05, 3.63) is 59.2 Å². The number of aromatic nitrogens is 1. The molecule has 0 spiro atoms. The summed E-state index contributed by atoms with van der Waals surface area (Å²) >= 11 is 0. The van der Waals surface area contributed by atoms with Crippen molar-refractivity contribution < 1.29 is 14.3 Å². The average molecular weight is 388 g/mol. The van der Waals surface area contributed by atoms with E-state index in [2.05, 4.69) is 21.7 Å². The molecule has 4 rings (SSSR count). The van der Waals surface area contributed by atoms with Gasteiger partial charge in [0.1, 0.15) is 11.9 Å². The van der Waals surface area contributed by atoms with E-state index in [4.69, 9.17) is 9.47 Å². The van der Waals surface area contributed by atoms with Gasteiger partial charge in [0.2, 0.25) is 6.79 Å². The normalized spacial score (nSPS) is 11.9. The number of nitrogens with one attached hydrogen (secondary N) is 2. The first-order chi connectivity index (χ1) is 14.2. The molecule has 2 aromatic carbocycles. The number of amides is 1. The van der Waals surface area contributed by atoms with Crippen molar-refractivity contribution in [2.75, 3.05) is 25.2 Å². The van der Waals surface area contributed by atoms with Crippen molar-refractivity contribution in [1.82, 2.24) is 10.3 Å². The molecule has 0 saturated heterocycles. The van der Waals surface area contributed by atoms with E-state index in [0.717, 1.165) is 16.5 Å². The summed E-state index contributed by atoms with van der Waals surface area (Å²) in [7, 11) is 0. The molecular weight excluding hydrogens is 368 g/mol. The Morgan fingerprint density at radius 2 is 1.97 bits per heavy atom. The fraction of sp³-hybridized carbons (Fsp3) is 0.227. The van der Waals surface area contributed by atoms with Crippen LogP contribution in [0.3, 0.4) is 0 Å². The minimum absolute atomic E-state index is 0.0827. The number of hydrogen-bond donors (Lipinski definition) is 2. The number of nitriles is 1. The number of carbonyl (C=O) groups is 1. The highest BCUT2D eigenvalue weighted by Gasteiger charge is 2.16. The molecule has 0 bridgehead atoms. The Morgan fingerprint density at radius 3 is 2.76 bits per heavy atom. The topological polar surface area (TPSA) is 96.3 Å². The summed E-state index contributed by atoms with van der Waals surface area (Å²) in [6.07, 6.45) is 0.698. The predicted molar refractivity (Wildman–Crippen MR) is 109 cm³/mol.